The van der Waals surface area contributed by atoms with E-state index in [-0.39, 0.29) is 0 Å². The molecule has 1 rings (SSSR count). The first kappa shape index (κ1) is 13.0. The first-order valence-electron chi connectivity index (χ1n) is 3.46. The van der Waals surface area contributed by atoms with Crippen molar-refractivity contribution in [3.8, 4) is 0 Å². The Morgan fingerprint density at radius 3 is 1.92 bits per heavy atom. The van der Waals surface area contributed by atoms with Gasteiger partial charge in [0.05, 0.1) is 0 Å². The van der Waals surface area contributed by atoms with Crippen LogP contribution in [0.4, 0.5) is 0 Å². The molecule has 0 saturated heterocycles. The molecule has 5 heteroatoms. The summed E-state index contributed by atoms with van der Waals surface area (Å²) in [6.07, 6.45) is 9.08. The molecule has 1 aliphatic carbocycles. The number of hydrogen-bond donors (Lipinski definition) is 1. The Kier molecular flexibility index (Phi) is 9.35. The van der Waals surface area contributed by atoms with E-state index in [9.17, 15) is 0 Å². The van der Waals surface area contributed by atoms with E-state index >= 15 is 0 Å². The molecule has 1 aliphatic rings. The SMILES string of the molecule is OCCC1C=CC=C1.[Cl][Ti]([Cl])[Cl]. The maximum atomic E-state index is 8.46. The van der Waals surface area contributed by atoms with Gasteiger partial charge in [0.1, 0.15) is 0 Å². The van der Waals surface area contributed by atoms with Crippen molar-refractivity contribution >= 4 is 27.9 Å². The summed E-state index contributed by atoms with van der Waals surface area (Å²) in [7, 11) is 14.9. The van der Waals surface area contributed by atoms with Crippen molar-refractivity contribution < 1.29 is 19.8 Å². The van der Waals surface area contributed by atoms with Crippen molar-refractivity contribution in [2.24, 2.45) is 5.92 Å². The van der Waals surface area contributed by atoms with Crippen LogP contribution in [0.5, 0.6) is 0 Å². The molecule has 1 nitrogen and oxygen atoms in total. The molecule has 0 spiro atoms. The third-order valence-electron chi connectivity index (χ3n) is 1.29. The van der Waals surface area contributed by atoms with E-state index in [1.54, 1.807) is 0 Å². The Morgan fingerprint density at radius 2 is 1.58 bits per heavy atom. The van der Waals surface area contributed by atoms with Crippen molar-refractivity contribution in [3.05, 3.63) is 24.3 Å². The van der Waals surface area contributed by atoms with Gasteiger partial charge < -0.3 is 5.11 Å². The van der Waals surface area contributed by atoms with Crippen LogP contribution >= 0.6 is 27.9 Å². The number of rotatable bonds is 2. The van der Waals surface area contributed by atoms with E-state index in [4.69, 9.17) is 33.0 Å². The molecule has 0 atom stereocenters. The first-order chi connectivity index (χ1) is 5.66. The number of hydrogen-bond acceptors (Lipinski definition) is 1. The summed E-state index contributed by atoms with van der Waals surface area (Å²) >= 11 is -1.92. The van der Waals surface area contributed by atoms with E-state index in [2.05, 4.69) is 12.2 Å². The van der Waals surface area contributed by atoms with Crippen LogP contribution < -0.4 is 0 Å². The molecule has 0 unspecified atom stereocenters. The summed E-state index contributed by atoms with van der Waals surface area (Å²) in [4.78, 5) is 0. The third kappa shape index (κ3) is 9.11. The number of allylic oxidation sites excluding steroid dienone is 4. The second-order valence-electron chi connectivity index (χ2n) is 2.16. The summed E-state index contributed by atoms with van der Waals surface area (Å²) in [6, 6.07) is 0. The topological polar surface area (TPSA) is 20.2 Å². The number of aliphatic hydroxyl groups excluding tert-OH is 1. The van der Waals surface area contributed by atoms with Gasteiger partial charge in [0, 0.05) is 6.61 Å². The Hall–Kier alpha value is 1.02. The van der Waals surface area contributed by atoms with Crippen LogP contribution in [0.1, 0.15) is 6.42 Å². The third-order valence-corrected chi connectivity index (χ3v) is 1.29. The first-order valence-corrected chi connectivity index (χ1v) is 9.90. The average Bonchev–Trinajstić information content (AvgIpc) is 2.39. The van der Waals surface area contributed by atoms with Crippen LogP contribution in [0.3, 0.4) is 0 Å². The fraction of sp³-hybridized carbons (Fsp3) is 0.429. The molecule has 0 bridgehead atoms. The van der Waals surface area contributed by atoms with Crippen LogP contribution in [-0.2, 0) is 14.7 Å². The average molecular weight is 264 g/mol. The van der Waals surface area contributed by atoms with Crippen molar-refractivity contribution in [3.63, 3.8) is 0 Å². The molecule has 0 saturated carbocycles. The molecule has 0 radical (unpaired) electrons. The van der Waals surface area contributed by atoms with Crippen LogP contribution in [0, 0.1) is 5.92 Å². The van der Waals surface area contributed by atoms with Crippen LogP contribution in [0.2, 0.25) is 0 Å². The van der Waals surface area contributed by atoms with E-state index in [1.165, 1.54) is 0 Å². The van der Waals surface area contributed by atoms with Gasteiger partial charge in [0.2, 0.25) is 0 Å². The van der Waals surface area contributed by atoms with Gasteiger partial charge in [-0.25, -0.2) is 0 Å². The van der Waals surface area contributed by atoms with Crippen LogP contribution in [0.25, 0.3) is 0 Å². The normalized spacial score (nSPS) is 14.3. The molecule has 0 aliphatic heterocycles. The zero-order valence-corrected chi connectivity index (χ0v) is 10.2. The van der Waals surface area contributed by atoms with E-state index in [0.29, 0.717) is 12.5 Å². The van der Waals surface area contributed by atoms with Crippen molar-refractivity contribution in [1.29, 1.82) is 0 Å². The minimum atomic E-state index is -1.92. The molecule has 0 fully saturated rings. The summed E-state index contributed by atoms with van der Waals surface area (Å²) in [5, 5.41) is 8.46. The zero-order valence-electron chi connectivity index (χ0n) is 6.38. The van der Waals surface area contributed by atoms with Crippen molar-refractivity contribution in [2.45, 2.75) is 6.42 Å². The zero-order chi connectivity index (χ0) is 9.40. The molecule has 0 aromatic carbocycles. The van der Waals surface area contributed by atoms with Gasteiger partial charge in [-0.05, 0) is 12.3 Å². The summed E-state index contributed by atoms with van der Waals surface area (Å²) in [5.41, 5.74) is 0. The molecule has 1 N–H and O–H groups in total. The van der Waals surface area contributed by atoms with Gasteiger partial charge in [-0.3, -0.25) is 0 Å². The van der Waals surface area contributed by atoms with Crippen LogP contribution in [0.15, 0.2) is 24.3 Å². The van der Waals surface area contributed by atoms with E-state index < -0.39 is 14.7 Å². The predicted molar refractivity (Wildman–Crippen MR) is 51.0 cm³/mol. The number of aliphatic hydroxyl groups is 1. The monoisotopic (exact) mass is 263 g/mol. The van der Waals surface area contributed by atoms with E-state index in [1.807, 2.05) is 12.2 Å². The molecule has 12 heavy (non-hydrogen) atoms. The second kappa shape index (κ2) is 8.61. The fourth-order valence-corrected chi connectivity index (χ4v) is 0.819. The van der Waals surface area contributed by atoms with Gasteiger partial charge in [-0.2, -0.15) is 0 Å². The molecule has 0 aromatic heterocycles. The Labute approximate surface area is 90.5 Å². The Balaban J connectivity index is 0.000000261. The fourth-order valence-electron chi connectivity index (χ4n) is 0.819. The molecular weight excluding hydrogens is 254 g/mol. The standard InChI is InChI=1S/C7H10O.3ClH.Ti/c8-6-5-7-3-1-2-4-7;;;;/h1-4,7-8H,5-6H2;3*1H;/q;;;;+3/p-3. The summed E-state index contributed by atoms with van der Waals surface area (Å²) in [6.45, 7) is 0.291. The van der Waals surface area contributed by atoms with Crippen molar-refractivity contribution in [2.75, 3.05) is 6.61 Å². The predicted octanol–water partition coefficient (Wildman–Crippen LogP) is 3.18. The quantitative estimate of drug-likeness (QED) is 0.760. The molecule has 69 valence electrons. The van der Waals surface area contributed by atoms with Crippen LogP contribution in [-0.4, -0.2) is 11.7 Å². The van der Waals surface area contributed by atoms with E-state index in [0.717, 1.165) is 6.42 Å². The maximum absolute atomic E-state index is 8.46. The van der Waals surface area contributed by atoms with Gasteiger partial charge in [-0.1, -0.05) is 24.3 Å². The van der Waals surface area contributed by atoms with Gasteiger partial charge >= 0.3 is 42.6 Å². The number of halogens is 3. The molecule has 0 heterocycles. The molecule has 0 amide bonds. The van der Waals surface area contributed by atoms with Gasteiger partial charge in [0.25, 0.3) is 0 Å². The Bertz CT molecular complexity index is 144. The second-order valence-corrected chi connectivity index (χ2v) is 9.90. The molecular formula is C7H10Cl3OTi. The van der Waals surface area contributed by atoms with Crippen molar-refractivity contribution in [1.82, 2.24) is 0 Å². The summed E-state index contributed by atoms with van der Waals surface area (Å²) < 4.78 is 0. The summed E-state index contributed by atoms with van der Waals surface area (Å²) in [5.74, 6) is 0.500. The molecule has 0 aromatic rings. The Morgan fingerprint density at radius 1 is 1.17 bits per heavy atom. The van der Waals surface area contributed by atoms with Gasteiger partial charge in [0.15, 0.2) is 0 Å². The minimum absolute atomic E-state index is 0.291. The van der Waals surface area contributed by atoms with Gasteiger partial charge in [-0.15, -0.1) is 0 Å².